The first kappa shape index (κ1) is 94.0. The van der Waals surface area contributed by atoms with Crippen molar-refractivity contribution in [3.8, 4) is 99.0 Å². The Morgan fingerprint density at radius 2 is 0.507 bits per heavy atom. The van der Waals surface area contributed by atoms with Gasteiger partial charge in [-0.15, -0.1) is 0 Å². The Bertz CT molecular complexity index is 9500. The largest absolute Gasteiger partial charge is 0.309 e. The Labute approximate surface area is 871 Å². The highest BCUT2D eigenvalue weighted by Crippen LogP contribution is 2.42. The number of nitriles is 8. The molecule has 0 atom stereocenters. The summed E-state index contributed by atoms with van der Waals surface area (Å²) in [6, 6.07) is 192. The lowest BCUT2D eigenvalue weighted by atomic mass is 9.96. The Balaban J connectivity index is 0.000000127. The fourth-order valence-electron chi connectivity index (χ4n) is 22.7. The van der Waals surface area contributed by atoms with Crippen LogP contribution in [-0.4, -0.2) is 37.9 Å². The predicted molar refractivity (Wildman–Crippen MR) is 613 cm³/mol. The third-order valence-electron chi connectivity index (χ3n) is 29.0. The van der Waals surface area contributed by atoms with Gasteiger partial charge in [0.25, 0.3) is 0 Å². The zero-order valence-electron chi connectivity index (χ0n) is 80.9. The summed E-state index contributed by atoms with van der Waals surface area (Å²) in [5.41, 5.74) is 18.4. The van der Waals surface area contributed by atoms with E-state index >= 15 is 0 Å². The zero-order chi connectivity index (χ0) is 102. The van der Waals surface area contributed by atoms with Gasteiger partial charge < -0.3 is 13.7 Å². The van der Waals surface area contributed by atoms with Gasteiger partial charge in [0.05, 0.1) is 121 Å². The summed E-state index contributed by atoms with van der Waals surface area (Å²) in [5, 5.41) is 102. The van der Waals surface area contributed by atoms with Gasteiger partial charge in [0.15, 0.2) is 29.9 Å². The summed E-state index contributed by atoms with van der Waals surface area (Å²) in [6.07, 6.45) is 0. The van der Waals surface area contributed by atoms with E-state index in [1.54, 1.807) is 0 Å². The number of nitrogens with zero attached hydrogens (tertiary/aromatic N) is 12. The van der Waals surface area contributed by atoms with E-state index in [-0.39, 0.29) is 0 Å². The van der Waals surface area contributed by atoms with Crippen molar-refractivity contribution in [2.45, 2.75) is 0 Å². The molecule has 0 amide bonds. The predicted octanol–water partition coefficient (Wildman–Crippen LogP) is 23.0. The van der Waals surface area contributed by atoms with Gasteiger partial charge in [-0.2, -0.15) is 42.1 Å². The summed E-state index contributed by atoms with van der Waals surface area (Å²) in [6.45, 7) is 8.38. The van der Waals surface area contributed by atoms with Crippen LogP contribution in [0, 0.1) is 97.2 Å². The highest BCUT2D eigenvalue weighted by Gasteiger charge is 2.49. The van der Waals surface area contributed by atoms with E-state index < -0.39 is 24.2 Å². The van der Waals surface area contributed by atoms with E-state index in [1.807, 2.05) is 237 Å². The molecular weight excluding hydrogens is 1870 g/mol. The van der Waals surface area contributed by atoms with Gasteiger partial charge in [0, 0.05) is 60.4 Å². The van der Waals surface area contributed by atoms with Crippen molar-refractivity contribution >= 4 is 158 Å². The Hall–Kier alpha value is -20.9. The maximum Gasteiger partial charge on any atom is 0.189 e. The zero-order valence-corrected chi connectivity index (χ0v) is 83.9. The summed E-state index contributed by atoms with van der Waals surface area (Å²) in [4.78, 5) is 4.08. The SMILES string of the molecule is N#Cc1ccc2c(c1)c1ccccc1n2-c1ccc(-c2ccc([Si](c3ccccc3)(c3ccccc3)c3ccccc3)c(C#N)c2C#N)cc1.N#Cc1ccc2c(c1)c1ccccc1n2-c1cccc(C#N)c1-c1cccc(C#N)c1[Si](c1ccccc1)(c1ccccc1)c1ccccc1.[C-]#[N+]c1ccc(-c2ccc(-n3c4ccccc4c4cc(C#N)ccc43)cc2)c(C#N)c1[Si](c1ccccc1)(c1ccccc1)c1ccccc1. The van der Waals surface area contributed by atoms with Crippen LogP contribution in [0.25, 0.3) is 121 Å². The molecule has 24 aromatic rings. The lowest BCUT2D eigenvalue weighted by molar-refractivity contribution is 1.18. The Kier molecular flexibility index (Phi) is 25.6. The minimum atomic E-state index is -3.23. The lowest BCUT2D eigenvalue weighted by Crippen LogP contribution is -2.75. The van der Waals surface area contributed by atoms with Crippen LogP contribution in [0.1, 0.15) is 44.5 Å². The van der Waals surface area contributed by atoms with Gasteiger partial charge in [-0.05, 0) is 200 Å². The topological polar surface area (TPSA) is 209 Å². The second kappa shape index (κ2) is 40.8. The molecule has 3 aromatic heterocycles. The number of para-hydroxylation sites is 3. The van der Waals surface area contributed by atoms with E-state index in [1.165, 1.54) is 0 Å². The van der Waals surface area contributed by atoms with Crippen LogP contribution in [-0.2, 0) is 0 Å². The van der Waals surface area contributed by atoms with Gasteiger partial charge in [-0.25, -0.2) is 4.85 Å². The van der Waals surface area contributed by atoms with Crippen LogP contribution in [0.3, 0.4) is 0 Å². The molecule has 0 aliphatic heterocycles. The van der Waals surface area contributed by atoms with Crippen LogP contribution in [0.5, 0.6) is 0 Å². The fraction of sp³-hybridized carbons (Fsp3) is 0. The van der Waals surface area contributed by atoms with E-state index in [4.69, 9.17) is 6.57 Å². The average molecular weight is 1960 g/mol. The highest BCUT2D eigenvalue weighted by atomic mass is 28.3. The monoisotopic (exact) mass is 1960 g/mol. The number of hydrogen-bond donors (Lipinski definition) is 0. The molecule has 696 valence electrons. The molecule has 0 radical (unpaired) electrons. The number of aromatic nitrogens is 3. The first-order valence-electron chi connectivity index (χ1n) is 49.1. The van der Waals surface area contributed by atoms with Gasteiger partial charge >= 0.3 is 0 Å². The first-order valence-corrected chi connectivity index (χ1v) is 55.1. The van der Waals surface area contributed by atoms with Gasteiger partial charge in [-0.1, -0.05) is 394 Å². The van der Waals surface area contributed by atoms with Crippen molar-refractivity contribution in [3.05, 3.63) is 565 Å². The average Bonchev–Trinajstić information content (AvgIpc) is 0.769. The van der Waals surface area contributed by atoms with Crippen LogP contribution in [0.2, 0.25) is 0 Å². The van der Waals surface area contributed by atoms with Crippen molar-refractivity contribution in [1.29, 1.82) is 42.1 Å². The van der Waals surface area contributed by atoms with Crippen molar-refractivity contribution in [2.75, 3.05) is 0 Å². The molecule has 3 heterocycles. The minimum absolute atomic E-state index is 0.373. The molecule has 0 unspecified atom stereocenters. The normalized spacial score (nSPS) is 11.1. The van der Waals surface area contributed by atoms with Crippen molar-refractivity contribution in [1.82, 2.24) is 13.7 Å². The van der Waals surface area contributed by atoms with Crippen molar-refractivity contribution in [2.24, 2.45) is 0 Å². The molecule has 21 aromatic carbocycles. The molecule has 0 aliphatic carbocycles. The molecule has 0 aliphatic rings. The summed E-state index contributed by atoms with van der Waals surface area (Å²) < 4.78 is 6.61. The lowest BCUT2D eigenvalue weighted by Gasteiger charge is -2.37. The van der Waals surface area contributed by atoms with Gasteiger partial charge in [0.2, 0.25) is 0 Å². The highest BCUT2D eigenvalue weighted by molar-refractivity contribution is 7.22. The number of benzene rings is 21. The number of fused-ring (bicyclic) bond motifs is 9. The van der Waals surface area contributed by atoms with Crippen molar-refractivity contribution in [3.63, 3.8) is 0 Å². The fourth-order valence-corrected chi connectivity index (χ4v) is 37.7. The third kappa shape index (κ3) is 16.0. The van der Waals surface area contributed by atoms with Crippen LogP contribution >= 0.6 is 0 Å². The maximum atomic E-state index is 11.1. The number of hydrogen-bond acceptors (Lipinski definition) is 8. The third-order valence-corrected chi connectivity index (χ3v) is 43.6. The van der Waals surface area contributed by atoms with Crippen LogP contribution < -0.4 is 62.2 Å². The van der Waals surface area contributed by atoms with E-state index in [0.29, 0.717) is 50.2 Å². The molecule has 0 spiro atoms. The molecule has 150 heavy (non-hydrogen) atoms. The Morgan fingerprint density at radius 3 is 0.853 bits per heavy atom. The quantitative estimate of drug-likeness (QED) is 0.0457. The molecule has 0 bridgehead atoms. The van der Waals surface area contributed by atoms with E-state index in [0.717, 1.165) is 178 Å². The second-order valence-electron chi connectivity index (χ2n) is 36.6. The van der Waals surface area contributed by atoms with Crippen molar-refractivity contribution < 1.29 is 0 Å². The van der Waals surface area contributed by atoms with Gasteiger partial charge in [-0.3, -0.25) is 0 Å². The second-order valence-corrected chi connectivity index (χ2v) is 47.9. The maximum absolute atomic E-state index is 11.1. The van der Waals surface area contributed by atoms with Crippen LogP contribution in [0.4, 0.5) is 5.69 Å². The summed E-state index contributed by atoms with van der Waals surface area (Å²) in [5.74, 6) is 0. The summed E-state index contributed by atoms with van der Waals surface area (Å²) >= 11 is 0. The molecule has 0 N–H and O–H groups in total. The molecule has 12 nitrogen and oxygen atoms in total. The molecule has 15 heteroatoms. The molecular formula is C135H84N12Si3. The minimum Gasteiger partial charge on any atom is -0.309 e. The Morgan fingerprint density at radius 1 is 0.207 bits per heavy atom. The van der Waals surface area contributed by atoms with Gasteiger partial charge in [0.1, 0.15) is 12.1 Å². The standard InChI is InChI=1S/3C45H28N4Si/c1-48-42-27-26-38(33-22-24-34(25-23-33)49-43-20-12-11-19-39(43)40-29-32(30-46)21-28-44(40)49)41(31-47)45(42)50(35-13-5-2-6-14-35,36-15-7-3-8-16-36)37-17-9-4-10-18-37;46-29-32-26-27-42-40(28-32)38-22-10-11-24-41(38)49(42)43-25-13-14-33(30-47)44(43)39-23-12-15-34(31-48)45(39)50(35-16-4-1-5-17-35,36-18-6-2-7-19-36)37-20-8-3-9-21-37;46-29-32-20-26-44-40(28-32)39-18-10-11-19-43(39)49(44)34-23-21-33(22-24-34)38-25-27-45(42(31-48)41(38)30-47)50(35-12-4-1-5-13-35,36-14-6-2-7-15-36)37-16-8-3-9-17-37/h2-29H;2*1-28H. The summed E-state index contributed by atoms with van der Waals surface area (Å²) in [7, 11) is -9.45. The van der Waals surface area contributed by atoms with E-state index in [2.05, 4.69) is 340 Å². The molecule has 0 saturated carbocycles. The molecule has 0 saturated heterocycles. The van der Waals surface area contributed by atoms with E-state index in [9.17, 15) is 42.1 Å². The number of rotatable bonds is 18. The smallest absolute Gasteiger partial charge is 0.189 e. The molecule has 24 rings (SSSR count). The molecule has 0 fully saturated rings. The first-order chi connectivity index (χ1) is 74.1. The van der Waals surface area contributed by atoms with Crippen LogP contribution in [0.15, 0.2) is 510 Å².